The van der Waals surface area contributed by atoms with Crippen LogP contribution >= 0.6 is 17.0 Å². The molecule has 0 atom stereocenters. The van der Waals surface area contributed by atoms with E-state index >= 15 is 0 Å². The van der Waals surface area contributed by atoms with Gasteiger partial charge in [-0.25, -0.2) is 0 Å². The van der Waals surface area contributed by atoms with Gasteiger partial charge in [-0.1, -0.05) is 42.5 Å². The summed E-state index contributed by atoms with van der Waals surface area (Å²) in [5, 5.41) is 8.78. The van der Waals surface area contributed by atoms with Crippen molar-refractivity contribution >= 4 is 33.8 Å². The molecule has 6 nitrogen and oxygen atoms in total. The van der Waals surface area contributed by atoms with E-state index < -0.39 is 5.79 Å². The van der Waals surface area contributed by atoms with Crippen molar-refractivity contribution in [3.63, 3.8) is 0 Å². The number of benzene rings is 3. The Morgan fingerprint density at radius 1 is 0.875 bits per heavy atom. The molecule has 2 heterocycles. The summed E-state index contributed by atoms with van der Waals surface area (Å²) in [5.74, 6) is 0.378. The highest BCUT2D eigenvalue weighted by molar-refractivity contribution is 8.93. The smallest absolute Gasteiger partial charge is 0.246 e. The van der Waals surface area contributed by atoms with Gasteiger partial charge in [-0.2, -0.15) is 0 Å². The van der Waals surface area contributed by atoms with Gasteiger partial charge in [0.15, 0.2) is 17.3 Å². The normalized spacial score (nSPS) is 13.7. The molecule has 0 amide bonds. The lowest BCUT2D eigenvalue weighted by Crippen LogP contribution is -2.29. The molecule has 5 rings (SSSR count). The van der Waals surface area contributed by atoms with Gasteiger partial charge in [0.1, 0.15) is 0 Å². The first-order valence-corrected chi connectivity index (χ1v) is 10.2. The van der Waals surface area contributed by atoms with Crippen LogP contribution in [0.4, 0.5) is 0 Å². The molecule has 0 aliphatic carbocycles. The summed E-state index contributed by atoms with van der Waals surface area (Å²) in [7, 11) is 0. The number of halogens is 1. The summed E-state index contributed by atoms with van der Waals surface area (Å²) in [6.45, 7) is 4.31. The van der Waals surface area contributed by atoms with Gasteiger partial charge in [0.2, 0.25) is 11.4 Å². The average Bonchev–Trinajstić information content (AvgIpc) is 3.21. The highest BCUT2D eigenvalue weighted by Gasteiger charge is 2.32. The first-order chi connectivity index (χ1) is 14.9. The van der Waals surface area contributed by atoms with E-state index in [1.54, 1.807) is 22.8 Å². The van der Waals surface area contributed by atoms with Crippen LogP contribution in [0.15, 0.2) is 72.8 Å². The largest absolute Gasteiger partial charge is 0.449 e. The Kier molecular flexibility index (Phi) is 5.69. The number of imidazole rings is 1. The maximum Gasteiger partial charge on any atom is 0.246 e. The molecule has 1 aliphatic heterocycles. The fourth-order valence-electron chi connectivity index (χ4n) is 4.01. The Morgan fingerprint density at radius 3 is 2.22 bits per heavy atom. The first-order valence-electron chi connectivity index (χ1n) is 10.2. The van der Waals surface area contributed by atoms with Gasteiger partial charge >= 0.3 is 0 Å². The summed E-state index contributed by atoms with van der Waals surface area (Å²) < 4.78 is 15.2. The molecule has 1 aliphatic rings. The predicted molar refractivity (Wildman–Crippen MR) is 128 cm³/mol. The quantitative estimate of drug-likeness (QED) is 0.400. The van der Waals surface area contributed by atoms with Crippen molar-refractivity contribution < 1.29 is 14.3 Å². The molecule has 7 heteroatoms. The monoisotopic (exact) mass is 493 g/mol. The number of carbonyl (C=O) groups excluding carboxylic acids is 1. The molecule has 0 radical (unpaired) electrons. The van der Waals surface area contributed by atoms with Gasteiger partial charge in [-0.3, -0.25) is 10.2 Å². The minimum Gasteiger partial charge on any atom is -0.449 e. The van der Waals surface area contributed by atoms with Gasteiger partial charge in [0, 0.05) is 19.4 Å². The first kappa shape index (κ1) is 21.9. The molecule has 0 fully saturated rings. The Morgan fingerprint density at radius 2 is 1.50 bits per heavy atom. The zero-order valence-electron chi connectivity index (χ0n) is 17.9. The molecule has 0 bridgehead atoms. The number of rotatable bonds is 5. The molecule has 0 unspecified atom stereocenters. The number of hydrogen-bond acceptors (Lipinski definition) is 4. The number of ether oxygens (including phenoxy) is 2. The second-order valence-corrected chi connectivity index (χ2v) is 8.16. The van der Waals surface area contributed by atoms with E-state index in [4.69, 9.17) is 14.9 Å². The van der Waals surface area contributed by atoms with E-state index in [-0.39, 0.29) is 29.3 Å². The number of fused-ring (bicyclic) bond motifs is 2. The van der Waals surface area contributed by atoms with Crippen LogP contribution in [0, 0.1) is 5.41 Å². The van der Waals surface area contributed by atoms with Crippen LogP contribution in [0.1, 0.15) is 29.8 Å². The summed E-state index contributed by atoms with van der Waals surface area (Å²) in [6.07, 6.45) is 0. The van der Waals surface area contributed by atoms with Gasteiger partial charge < -0.3 is 18.6 Å². The average molecular weight is 494 g/mol. The fourth-order valence-corrected chi connectivity index (χ4v) is 4.01. The molecule has 32 heavy (non-hydrogen) atoms. The Labute approximate surface area is 196 Å². The summed E-state index contributed by atoms with van der Waals surface area (Å²) >= 11 is 0. The van der Waals surface area contributed by atoms with Gasteiger partial charge in [0.25, 0.3) is 0 Å². The van der Waals surface area contributed by atoms with Crippen LogP contribution in [0.25, 0.3) is 11.0 Å². The van der Waals surface area contributed by atoms with Crippen molar-refractivity contribution in [1.29, 1.82) is 5.41 Å². The maximum absolute atomic E-state index is 13.1. The second kappa shape index (κ2) is 8.31. The number of Topliss-reactive ketones (excluding diaryl/α,β-unsaturated/α-hetero) is 1. The van der Waals surface area contributed by atoms with Gasteiger partial charge in [-0.05, 0) is 35.9 Å². The minimum atomic E-state index is -0.738. The lowest BCUT2D eigenvalue weighted by Gasteiger charge is -2.16. The molecule has 3 aromatic carbocycles. The second-order valence-electron chi connectivity index (χ2n) is 8.16. The van der Waals surface area contributed by atoms with Gasteiger partial charge in [-0.15, -0.1) is 17.0 Å². The molecule has 1 N–H and O–H groups in total. The number of carbonyl (C=O) groups is 1. The minimum absolute atomic E-state index is 0. The maximum atomic E-state index is 13.1. The molecule has 0 spiro atoms. The van der Waals surface area contributed by atoms with E-state index in [1.807, 2.05) is 73.0 Å². The van der Waals surface area contributed by atoms with E-state index in [0.29, 0.717) is 29.2 Å². The van der Waals surface area contributed by atoms with Crippen LogP contribution in [0.3, 0.4) is 0 Å². The van der Waals surface area contributed by atoms with Crippen LogP contribution in [-0.2, 0) is 13.1 Å². The summed E-state index contributed by atoms with van der Waals surface area (Å²) in [6, 6.07) is 23.1. The number of hydrogen-bond donors (Lipinski definition) is 1. The molecular weight excluding hydrogens is 470 g/mol. The number of ketones is 1. The third-order valence-electron chi connectivity index (χ3n) is 5.44. The van der Waals surface area contributed by atoms with E-state index in [0.717, 1.165) is 16.6 Å². The van der Waals surface area contributed by atoms with Crippen LogP contribution in [0.2, 0.25) is 0 Å². The standard InChI is InChI=1S/C25H23N3O3.BrH/c1-25(2)30-22-13-12-18(14-23(22)31-25)21(29)16-28-20-11-7-6-10-19(20)27(24(28)26)15-17-8-4-3-5-9-17;/h3-14,26H,15-16H2,1-2H3;1H. The van der Waals surface area contributed by atoms with Crippen LogP contribution < -0.4 is 15.1 Å². The van der Waals surface area contributed by atoms with Crippen LogP contribution in [-0.4, -0.2) is 20.7 Å². The van der Waals surface area contributed by atoms with Crippen molar-refractivity contribution in [1.82, 2.24) is 9.13 Å². The van der Waals surface area contributed by atoms with E-state index in [1.165, 1.54) is 0 Å². The van der Waals surface area contributed by atoms with Crippen molar-refractivity contribution in [2.75, 3.05) is 0 Å². The van der Waals surface area contributed by atoms with Crippen molar-refractivity contribution in [2.24, 2.45) is 0 Å². The lowest BCUT2D eigenvalue weighted by atomic mass is 10.1. The third kappa shape index (κ3) is 3.96. The lowest BCUT2D eigenvalue weighted by molar-refractivity contribution is -0.0431. The topological polar surface area (TPSA) is 69.2 Å². The van der Waals surface area contributed by atoms with Crippen LogP contribution in [0.5, 0.6) is 11.5 Å². The Bertz CT molecular complexity index is 1360. The van der Waals surface area contributed by atoms with E-state index in [2.05, 4.69) is 0 Å². The number of para-hydroxylation sites is 2. The van der Waals surface area contributed by atoms with E-state index in [9.17, 15) is 4.79 Å². The molecular formula is C25H24BrN3O3. The predicted octanol–water partition coefficient (Wildman–Crippen LogP) is 4.94. The number of nitrogens with zero attached hydrogens (tertiary/aromatic N) is 2. The Balaban J connectivity index is 0.00000245. The SMILES string of the molecule is Br.CC1(C)Oc2ccc(C(=O)Cn3c(=N)n(Cc4ccccc4)c4ccccc43)cc2O1. The zero-order chi connectivity index (χ0) is 21.6. The molecule has 0 saturated carbocycles. The summed E-state index contributed by atoms with van der Waals surface area (Å²) in [5.41, 5.74) is 3.72. The van der Waals surface area contributed by atoms with Gasteiger partial charge in [0.05, 0.1) is 24.1 Å². The molecule has 0 saturated heterocycles. The number of nitrogens with one attached hydrogen (secondary N) is 1. The van der Waals surface area contributed by atoms with Crippen molar-refractivity contribution in [3.05, 3.63) is 89.5 Å². The van der Waals surface area contributed by atoms with Crippen molar-refractivity contribution in [3.8, 4) is 11.5 Å². The third-order valence-corrected chi connectivity index (χ3v) is 5.44. The summed E-state index contributed by atoms with van der Waals surface area (Å²) in [4.78, 5) is 13.1. The molecule has 164 valence electrons. The highest BCUT2D eigenvalue weighted by atomic mass is 79.9. The van der Waals surface area contributed by atoms with Crippen molar-refractivity contribution in [2.45, 2.75) is 32.7 Å². The fraction of sp³-hybridized carbons (Fsp3) is 0.200. The molecule has 4 aromatic rings. The zero-order valence-corrected chi connectivity index (χ0v) is 19.6. The highest BCUT2D eigenvalue weighted by Crippen LogP contribution is 2.39. The molecule has 1 aromatic heterocycles. The Hall–Kier alpha value is -3.32. The number of aromatic nitrogens is 2.